The monoisotopic (exact) mass is 459 g/mol. The lowest BCUT2D eigenvalue weighted by molar-refractivity contribution is 0.0340. The Hall–Kier alpha value is -3.49. The average molecular weight is 460 g/mol. The Balaban J connectivity index is 1.41. The summed E-state index contributed by atoms with van der Waals surface area (Å²) in [6.45, 7) is 8.74. The van der Waals surface area contributed by atoms with Gasteiger partial charge in [0.2, 0.25) is 0 Å². The molecule has 1 aliphatic rings. The van der Waals surface area contributed by atoms with Gasteiger partial charge in [-0.2, -0.15) is 5.10 Å². The highest BCUT2D eigenvalue weighted by Gasteiger charge is 2.20. The number of aromatic nitrogens is 3. The van der Waals surface area contributed by atoms with Gasteiger partial charge in [-0.05, 0) is 43.2 Å². The van der Waals surface area contributed by atoms with Crippen LogP contribution in [0.1, 0.15) is 41.4 Å². The molecule has 1 saturated heterocycles. The molecule has 8 nitrogen and oxygen atoms in total. The zero-order valence-corrected chi connectivity index (χ0v) is 19.5. The topological polar surface area (TPSA) is 85.4 Å². The summed E-state index contributed by atoms with van der Waals surface area (Å²) < 4.78 is 12.9. The number of morpholine rings is 1. The third-order valence-corrected chi connectivity index (χ3v) is 6.13. The Morgan fingerprint density at radius 2 is 1.91 bits per heavy atom. The molecule has 0 bridgehead atoms. The van der Waals surface area contributed by atoms with Crippen molar-refractivity contribution in [1.29, 1.82) is 0 Å². The molecule has 4 heterocycles. The molecule has 34 heavy (non-hydrogen) atoms. The summed E-state index contributed by atoms with van der Waals surface area (Å²) in [6, 6.07) is 13.8. The molecule has 5 rings (SSSR count). The first kappa shape index (κ1) is 22.3. The van der Waals surface area contributed by atoms with E-state index in [9.17, 15) is 4.79 Å². The molecule has 0 radical (unpaired) electrons. The minimum absolute atomic E-state index is 0.111. The van der Waals surface area contributed by atoms with E-state index in [0.29, 0.717) is 29.2 Å². The molecule has 8 heteroatoms. The van der Waals surface area contributed by atoms with Crippen molar-refractivity contribution in [2.45, 2.75) is 33.0 Å². The number of fused-ring (bicyclic) bond motifs is 1. The van der Waals surface area contributed by atoms with Gasteiger partial charge in [0.15, 0.2) is 11.4 Å². The quantitative estimate of drug-likeness (QED) is 0.449. The van der Waals surface area contributed by atoms with Gasteiger partial charge in [0.05, 0.1) is 36.6 Å². The van der Waals surface area contributed by atoms with E-state index in [4.69, 9.17) is 14.1 Å². The molecular formula is C26H29N5O3. The second kappa shape index (κ2) is 9.79. The molecule has 3 aromatic heterocycles. The Kier molecular flexibility index (Phi) is 6.42. The van der Waals surface area contributed by atoms with Crippen molar-refractivity contribution >= 4 is 16.9 Å². The van der Waals surface area contributed by atoms with E-state index < -0.39 is 0 Å². The minimum atomic E-state index is -0.162. The molecule has 0 unspecified atom stereocenters. The van der Waals surface area contributed by atoms with Gasteiger partial charge in [0.25, 0.3) is 5.91 Å². The van der Waals surface area contributed by atoms with E-state index in [-0.39, 0.29) is 11.9 Å². The first-order chi connectivity index (χ1) is 16.6. The number of nitrogens with zero attached hydrogens (tertiary/aromatic N) is 4. The van der Waals surface area contributed by atoms with Crippen molar-refractivity contribution in [3.8, 4) is 11.5 Å². The lowest BCUT2D eigenvalue weighted by atomic mass is 10.1. The number of amides is 1. The molecule has 0 saturated carbocycles. The number of benzene rings is 1. The summed E-state index contributed by atoms with van der Waals surface area (Å²) in [4.78, 5) is 20.5. The van der Waals surface area contributed by atoms with Crippen LogP contribution in [0.5, 0.6) is 0 Å². The lowest BCUT2D eigenvalue weighted by Crippen LogP contribution is -2.36. The average Bonchev–Trinajstić information content (AvgIpc) is 3.54. The van der Waals surface area contributed by atoms with Crippen molar-refractivity contribution in [3.05, 3.63) is 71.6 Å². The summed E-state index contributed by atoms with van der Waals surface area (Å²) in [5.41, 5.74) is 4.14. The smallest absolute Gasteiger partial charge is 0.252 e. The van der Waals surface area contributed by atoms with Crippen molar-refractivity contribution in [3.63, 3.8) is 0 Å². The lowest BCUT2D eigenvalue weighted by Gasteiger charge is -2.27. The molecule has 1 aliphatic heterocycles. The number of pyridine rings is 1. The number of carbonyl (C=O) groups excluding carboxylic acids is 1. The predicted molar refractivity (Wildman–Crippen MR) is 129 cm³/mol. The molecule has 1 N–H and O–H groups in total. The number of hydrogen-bond donors (Lipinski definition) is 1. The summed E-state index contributed by atoms with van der Waals surface area (Å²) in [6.07, 6.45) is 3.32. The first-order valence-electron chi connectivity index (χ1n) is 11.7. The van der Waals surface area contributed by atoms with Gasteiger partial charge in [0.1, 0.15) is 5.69 Å². The van der Waals surface area contributed by atoms with Crippen molar-refractivity contribution in [2.75, 3.05) is 26.3 Å². The molecule has 0 aliphatic carbocycles. The summed E-state index contributed by atoms with van der Waals surface area (Å²) in [7, 11) is 0. The molecule has 1 amide bonds. The highest BCUT2D eigenvalue weighted by Crippen LogP contribution is 2.27. The Bertz CT molecular complexity index is 1270. The van der Waals surface area contributed by atoms with E-state index in [1.54, 1.807) is 18.5 Å². The van der Waals surface area contributed by atoms with Gasteiger partial charge in [-0.25, -0.2) is 9.67 Å². The highest BCUT2D eigenvalue weighted by atomic mass is 16.5. The largest absolute Gasteiger partial charge is 0.463 e. The number of hydrogen-bond acceptors (Lipinski definition) is 6. The van der Waals surface area contributed by atoms with Gasteiger partial charge in [-0.3, -0.25) is 9.69 Å². The number of rotatable bonds is 7. The normalized spacial score (nSPS) is 14.7. The van der Waals surface area contributed by atoms with Gasteiger partial charge in [-0.1, -0.05) is 24.3 Å². The van der Waals surface area contributed by atoms with Crippen molar-refractivity contribution < 1.29 is 13.9 Å². The fourth-order valence-electron chi connectivity index (χ4n) is 4.29. The fourth-order valence-corrected chi connectivity index (χ4v) is 4.29. The maximum Gasteiger partial charge on any atom is 0.252 e. The Labute approximate surface area is 198 Å². The van der Waals surface area contributed by atoms with Crippen molar-refractivity contribution in [2.24, 2.45) is 0 Å². The van der Waals surface area contributed by atoms with E-state index in [1.165, 1.54) is 5.56 Å². The number of furan rings is 1. The van der Waals surface area contributed by atoms with Crippen LogP contribution >= 0.6 is 0 Å². The van der Waals surface area contributed by atoms with E-state index in [0.717, 1.165) is 43.8 Å². The zero-order valence-electron chi connectivity index (χ0n) is 19.5. The molecule has 4 aromatic rings. The number of nitrogens with one attached hydrogen (secondary N) is 1. The summed E-state index contributed by atoms with van der Waals surface area (Å²) in [5.74, 6) is 0.452. The van der Waals surface area contributed by atoms with E-state index in [1.807, 2.05) is 42.8 Å². The second-order valence-corrected chi connectivity index (χ2v) is 8.79. The minimum Gasteiger partial charge on any atom is -0.463 e. The molecule has 176 valence electrons. The summed E-state index contributed by atoms with van der Waals surface area (Å²) in [5, 5.41) is 8.33. The van der Waals surface area contributed by atoms with Crippen LogP contribution in [-0.4, -0.2) is 51.9 Å². The van der Waals surface area contributed by atoms with Crippen LogP contribution in [0.2, 0.25) is 0 Å². The first-order valence-corrected chi connectivity index (χ1v) is 11.7. The van der Waals surface area contributed by atoms with Crippen LogP contribution in [0.3, 0.4) is 0 Å². The zero-order chi connectivity index (χ0) is 23.5. The Morgan fingerprint density at radius 1 is 1.12 bits per heavy atom. The van der Waals surface area contributed by atoms with Gasteiger partial charge in [-0.15, -0.1) is 0 Å². The van der Waals surface area contributed by atoms with Gasteiger partial charge < -0.3 is 14.5 Å². The molecule has 1 aromatic carbocycles. The summed E-state index contributed by atoms with van der Waals surface area (Å²) >= 11 is 0. The van der Waals surface area contributed by atoms with E-state index >= 15 is 0 Å². The third-order valence-electron chi connectivity index (χ3n) is 6.13. The number of carbonyl (C=O) groups is 1. The van der Waals surface area contributed by atoms with Crippen LogP contribution in [-0.2, 0) is 17.8 Å². The molecule has 0 spiro atoms. The molecular weight excluding hydrogens is 430 g/mol. The maximum atomic E-state index is 13.4. The van der Waals surface area contributed by atoms with Gasteiger partial charge >= 0.3 is 0 Å². The fraction of sp³-hybridized carbons (Fsp3) is 0.346. The van der Waals surface area contributed by atoms with Crippen LogP contribution in [0.25, 0.3) is 22.5 Å². The van der Waals surface area contributed by atoms with E-state index in [2.05, 4.69) is 27.4 Å². The third kappa shape index (κ3) is 4.60. The number of ether oxygens (including phenoxy) is 1. The standard InChI is InChI=1S/C26H29N5O3/c1-18(2)31-25-22(16-28-31)21(14-23(29-25)24-8-5-11-34-24)26(32)27-15-19-6-3-4-7-20(19)17-30-9-12-33-13-10-30/h3-8,11,14,16,18H,9-10,12-13,15,17H2,1-2H3,(H,27,32). The Morgan fingerprint density at radius 3 is 2.65 bits per heavy atom. The van der Waals surface area contributed by atoms with Crippen LogP contribution in [0, 0.1) is 0 Å². The second-order valence-electron chi connectivity index (χ2n) is 8.79. The molecule has 1 fully saturated rings. The van der Waals surface area contributed by atoms with Crippen LogP contribution < -0.4 is 5.32 Å². The molecule has 0 atom stereocenters. The van der Waals surface area contributed by atoms with Crippen LogP contribution in [0.4, 0.5) is 0 Å². The predicted octanol–water partition coefficient (Wildman–Crippen LogP) is 4.03. The van der Waals surface area contributed by atoms with Crippen LogP contribution in [0.15, 0.2) is 59.3 Å². The highest BCUT2D eigenvalue weighted by molar-refractivity contribution is 6.06. The van der Waals surface area contributed by atoms with Crippen molar-refractivity contribution in [1.82, 2.24) is 25.0 Å². The van der Waals surface area contributed by atoms with Gasteiger partial charge in [0, 0.05) is 32.2 Å². The maximum absolute atomic E-state index is 13.4. The SMILES string of the molecule is CC(C)n1ncc2c(C(=O)NCc3ccccc3CN3CCOCC3)cc(-c3ccco3)nc21.